The van der Waals surface area contributed by atoms with Crippen molar-refractivity contribution in [1.29, 1.82) is 0 Å². The van der Waals surface area contributed by atoms with E-state index in [-0.39, 0.29) is 19.6 Å². The van der Waals surface area contributed by atoms with Crippen molar-refractivity contribution in [3.05, 3.63) is 35.9 Å². The van der Waals surface area contributed by atoms with Gasteiger partial charge in [-0.15, -0.1) is 0 Å². The summed E-state index contributed by atoms with van der Waals surface area (Å²) in [6.07, 6.45) is -0.169. The maximum absolute atomic E-state index is 11.6. The quantitative estimate of drug-likeness (QED) is 0.704. The van der Waals surface area contributed by atoms with E-state index >= 15 is 0 Å². The highest BCUT2D eigenvalue weighted by atomic mass is 19.3. The summed E-state index contributed by atoms with van der Waals surface area (Å²) in [4.78, 5) is 11.1. The number of halogens is 2. The number of carbonyl (C=O) groups excluding carboxylic acids is 1. The van der Waals surface area contributed by atoms with Crippen LogP contribution in [0, 0.1) is 0 Å². The van der Waals surface area contributed by atoms with Gasteiger partial charge in [0.2, 0.25) is 0 Å². The highest BCUT2D eigenvalue weighted by Crippen LogP contribution is 2.02. The van der Waals surface area contributed by atoms with Crippen molar-refractivity contribution in [3.63, 3.8) is 0 Å². The molecule has 0 N–H and O–H groups in total. The Hall–Kier alpha value is -1.49. The smallest absolute Gasteiger partial charge is 0.345 e. The van der Waals surface area contributed by atoms with Crippen molar-refractivity contribution in [2.45, 2.75) is 19.6 Å². The topological polar surface area (TPSA) is 35.5 Å². The van der Waals surface area contributed by atoms with Crippen LogP contribution in [-0.2, 0) is 20.9 Å². The van der Waals surface area contributed by atoms with Gasteiger partial charge in [-0.05, 0) is 5.56 Å². The summed E-state index contributed by atoms with van der Waals surface area (Å²) < 4.78 is 31.9. The molecule has 0 aliphatic carbocycles. The molecule has 0 unspecified atom stereocenters. The van der Waals surface area contributed by atoms with Crippen LogP contribution in [0.5, 0.6) is 0 Å². The summed E-state index contributed by atoms with van der Waals surface area (Å²) in [6, 6.07) is 9.11. The van der Waals surface area contributed by atoms with Crippen LogP contribution in [0.2, 0.25) is 0 Å². The second-order valence-electron chi connectivity index (χ2n) is 3.03. The molecule has 1 aromatic carbocycles. The Balaban J connectivity index is 2.16. The summed E-state index contributed by atoms with van der Waals surface area (Å²) in [6.45, 7) is -3.03. The standard InChI is InChI=1S/C11H12F2O3/c12-11(13)15-7-6-10(14)16-8-9-4-2-1-3-5-9/h1-5,11H,6-8H2. The lowest BCUT2D eigenvalue weighted by atomic mass is 10.2. The fourth-order valence-electron chi connectivity index (χ4n) is 1.04. The van der Waals surface area contributed by atoms with Crippen molar-refractivity contribution >= 4 is 5.97 Å². The maximum Gasteiger partial charge on any atom is 0.345 e. The molecule has 3 nitrogen and oxygen atoms in total. The van der Waals surface area contributed by atoms with Crippen LogP contribution in [-0.4, -0.2) is 19.2 Å². The molecule has 0 aromatic heterocycles. The molecule has 0 saturated carbocycles. The average Bonchev–Trinajstić information content (AvgIpc) is 2.27. The first-order valence-corrected chi connectivity index (χ1v) is 4.78. The number of carbonyl (C=O) groups is 1. The zero-order valence-electron chi connectivity index (χ0n) is 8.57. The Morgan fingerprint density at radius 3 is 2.56 bits per heavy atom. The predicted octanol–water partition coefficient (Wildman–Crippen LogP) is 2.36. The van der Waals surface area contributed by atoms with Gasteiger partial charge in [-0.1, -0.05) is 30.3 Å². The van der Waals surface area contributed by atoms with Gasteiger partial charge in [0.25, 0.3) is 0 Å². The van der Waals surface area contributed by atoms with Crippen LogP contribution in [0.3, 0.4) is 0 Å². The molecule has 1 rings (SSSR count). The SMILES string of the molecule is O=C(CCOC(F)F)OCc1ccccc1. The third-order valence-corrected chi connectivity index (χ3v) is 1.79. The summed E-state index contributed by atoms with van der Waals surface area (Å²) in [7, 11) is 0. The lowest BCUT2D eigenvalue weighted by Crippen LogP contribution is -2.10. The van der Waals surface area contributed by atoms with Crippen LogP contribution in [0.4, 0.5) is 8.78 Å². The molecular formula is C11H12F2O3. The zero-order valence-corrected chi connectivity index (χ0v) is 8.57. The second kappa shape index (κ2) is 6.90. The van der Waals surface area contributed by atoms with Gasteiger partial charge in [0, 0.05) is 0 Å². The molecule has 0 atom stereocenters. The Labute approximate surface area is 92.0 Å². The van der Waals surface area contributed by atoms with Crippen LogP contribution in [0.25, 0.3) is 0 Å². The first kappa shape index (κ1) is 12.6. The zero-order chi connectivity index (χ0) is 11.8. The highest BCUT2D eigenvalue weighted by Gasteiger charge is 2.06. The molecule has 1 aromatic rings. The van der Waals surface area contributed by atoms with Crippen molar-refractivity contribution in [2.24, 2.45) is 0 Å². The van der Waals surface area contributed by atoms with E-state index in [2.05, 4.69) is 4.74 Å². The lowest BCUT2D eigenvalue weighted by molar-refractivity contribution is -0.154. The average molecular weight is 230 g/mol. The third kappa shape index (κ3) is 5.41. The summed E-state index contributed by atoms with van der Waals surface area (Å²) in [5.41, 5.74) is 0.852. The molecule has 0 fully saturated rings. The molecule has 0 aliphatic rings. The first-order chi connectivity index (χ1) is 7.68. The first-order valence-electron chi connectivity index (χ1n) is 4.78. The second-order valence-corrected chi connectivity index (χ2v) is 3.03. The monoisotopic (exact) mass is 230 g/mol. The number of benzene rings is 1. The molecule has 0 radical (unpaired) electrons. The number of alkyl halides is 2. The Kier molecular flexibility index (Phi) is 5.42. The summed E-state index contributed by atoms with van der Waals surface area (Å²) in [5.74, 6) is -0.551. The molecular weight excluding hydrogens is 218 g/mol. The van der Waals surface area contributed by atoms with Crippen LogP contribution >= 0.6 is 0 Å². The Morgan fingerprint density at radius 2 is 1.94 bits per heavy atom. The Morgan fingerprint density at radius 1 is 1.25 bits per heavy atom. The Bertz CT molecular complexity index is 314. The van der Waals surface area contributed by atoms with Gasteiger partial charge >= 0.3 is 12.6 Å². The molecule has 0 saturated heterocycles. The molecule has 88 valence electrons. The molecule has 5 heteroatoms. The van der Waals surface area contributed by atoms with E-state index in [1.807, 2.05) is 30.3 Å². The van der Waals surface area contributed by atoms with Crippen molar-refractivity contribution < 1.29 is 23.0 Å². The highest BCUT2D eigenvalue weighted by molar-refractivity contribution is 5.69. The largest absolute Gasteiger partial charge is 0.461 e. The van der Waals surface area contributed by atoms with E-state index in [1.165, 1.54) is 0 Å². The molecule has 0 aliphatic heterocycles. The summed E-state index contributed by atoms with van der Waals surface area (Å²) >= 11 is 0. The van der Waals surface area contributed by atoms with Gasteiger partial charge in [0.1, 0.15) is 6.61 Å². The molecule has 16 heavy (non-hydrogen) atoms. The fraction of sp³-hybridized carbons (Fsp3) is 0.364. The van der Waals surface area contributed by atoms with E-state index in [9.17, 15) is 13.6 Å². The molecule has 0 bridgehead atoms. The molecule has 0 amide bonds. The van der Waals surface area contributed by atoms with Gasteiger partial charge in [-0.25, -0.2) is 0 Å². The van der Waals surface area contributed by atoms with Gasteiger partial charge in [-0.2, -0.15) is 8.78 Å². The predicted molar refractivity (Wildman–Crippen MR) is 52.8 cm³/mol. The van der Waals surface area contributed by atoms with Crippen LogP contribution in [0.1, 0.15) is 12.0 Å². The minimum absolute atomic E-state index is 0.147. The number of rotatable bonds is 6. The summed E-state index contributed by atoms with van der Waals surface area (Å²) in [5, 5.41) is 0. The third-order valence-electron chi connectivity index (χ3n) is 1.79. The van der Waals surface area contributed by atoms with Gasteiger partial charge < -0.3 is 9.47 Å². The number of esters is 1. The fourth-order valence-corrected chi connectivity index (χ4v) is 1.04. The minimum atomic E-state index is -2.85. The van der Waals surface area contributed by atoms with Crippen molar-refractivity contribution in [2.75, 3.05) is 6.61 Å². The van der Waals surface area contributed by atoms with E-state index in [4.69, 9.17) is 4.74 Å². The number of hydrogen-bond acceptors (Lipinski definition) is 3. The van der Waals surface area contributed by atoms with E-state index < -0.39 is 12.6 Å². The van der Waals surface area contributed by atoms with E-state index in [1.54, 1.807) is 0 Å². The normalized spacial score (nSPS) is 10.4. The number of hydrogen-bond donors (Lipinski definition) is 0. The van der Waals surface area contributed by atoms with Gasteiger partial charge in [-0.3, -0.25) is 4.79 Å². The van der Waals surface area contributed by atoms with Gasteiger partial charge in [0.05, 0.1) is 13.0 Å². The van der Waals surface area contributed by atoms with Crippen LogP contribution < -0.4 is 0 Å². The van der Waals surface area contributed by atoms with E-state index in [0.29, 0.717) is 0 Å². The van der Waals surface area contributed by atoms with E-state index in [0.717, 1.165) is 5.56 Å². The van der Waals surface area contributed by atoms with Crippen LogP contribution in [0.15, 0.2) is 30.3 Å². The maximum atomic E-state index is 11.6. The minimum Gasteiger partial charge on any atom is -0.461 e. The van der Waals surface area contributed by atoms with Gasteiger partial charge in [0.15, 0.2) is 0 Å². The number of ether oxygens (including phenoxy) is 2. The van der Waals surface area contributed by atoms with Crippen molar-refractivity contribution in [1.82, 2.24) is 0 Å². The lowest BCUT2D eigenvalue weighted by Gasteiger charge is -2.05. The molecule has 0 spiro atoms. The molecule has 0 heterocycles. The van der Waals surface area contributed by atoms with Crippen molar-refractivity contribution in [3.8, 4) is 0 Å².